The molecular weight excluding hydrogens is 613 g/mol. The van der Waals surface area contributed by atoms with Crippen molar-refractivity contribution in [3.05, 3.63) is 135 Å². The Hall–Kier alpha value is -4.54. The van der Waals surface area contributed by atoms with Gasteiger partial charge in [0, 0.05) is 54.4 Å². The van der Waals surface area contributed by atoms with E-state index in [4.69, 9.17) is 16.3 Å². The first-order chi connectivity index (χ1) is 21.8. The lowest BCUT2D eigenvalue weighted by Gasteiger charge is -2.23. The highest BCUT2D eigenvalue weighted by Crippen LogP contribution is 2.24. The lowest BCUT2D eigenvalue weighted by molar-refractivity contribution is -0.132. The third-order valence-electron chi connectivity index (χ3n) is 7.11. The second kappa shape index (κ2) is 15.0. The van der Waals surface area contributed by atoms with Crippen molar-refractivity contribution in [2.75, 3.05) is 13.7 Å². The number of methoxy groups -OCH3 is 1. The number of ether oxygens (including phenoxy) is 1. The van der Waals surface area contributed by atoms with Crippen LogP contribution in [0.25, 0.3) is 11.1 Å². The predicted octanol–water partition coefficient (Wildman–Crippen LogP) is 6.43. The highest BCUT2D eigenvalue weighted by atomic mass is 35.5. The molecule has 0 radical (unpaired) electrons. The molecule has 0 unspecified atom stereocenters. The van der Waals surface area contributed by atoms with Crippen molar-refractivity contribution in [3.63, 3.8) is 0 Å². The van der Waals surface area contributed by atoms with Gasteiger partial charge in [0.1, 0.15) is 12.4 Å². The molecule has 3 aromatic carbocycles. The van der Waals surface area contributed by atoms with Crippen LogP contribution in [0.3, 0.4) is 0 Å². The number of amides is 1. The monoisotopic (exact) mass is 643 g/mol. The van der Waals surface area contributed by atoms with Gasteiger partial charge in [0.25, 0.3) is 5.56 Å². The maximum atomic E-state index is 13.7. The summed E-state index contributed by atoms with van der Waals surface area (Å²) in [5.74, 6) is 0.00642. The molecule has 8 nitrogen and oxygen atoms in total. The smallest absolute Gasteiger partial charge is 0.316 e. The topological polar surface area (TPSA) is 90.2 Å². The molecule has 0 aliphatic heterocycles. The number of rotatable bonds is 12. The highest BCUT2D eigenvalue weighted by molar-refractivity contribution is 7.98. The molecule has 1 amide bonds. The molecule has 0 atom stereocenters. The fourth-order valence-corrected chi connectivity index (χ4v) is 5.69. The first kappa shape index (κ1) is 31.9. The van der Waals surface area contributed by atoms with Crippen LogP contribution in [0.2, 0.25) is 5.02 Å². The minimum atomic E-state index is -0.399. The third kappa shape index (κ3) is 8.55. The summed E-state index contributed by atoms with van der Waals surface area (Å²) in [6, 6.07) is 22.1. The fraction of sp³-hybridized carbons (Fsp3) is 0.206. The van der Waals surface area contributed by atoms with E-state index < -0.39 is 5.56 Å². The predicted molar refractivity (Wildman–Crippen MR) is 174 cm³/mol. The average Bonchev–Trinajstić information content (AvgIpc) is 3.06. The lowest BCUT2D eigenvalue weighted by atomic mass is 10.0. The van der Waals surface area contributed by atoms with E-state index in [9.17, 15) is 14.0 Å². The summed E-state index contributed by atoms with van der Waals surface area (Å²) in [5.41, 5.74) is 4.69. The minimum absolute atomic E-state index is 0.0121. The zero-order valence-corrected chi connectivity index (χ0v) is 26.4. The normalized spacial score (nSPS) is 10.9. The van der Waals surface area contributed by atoms with Crippen molar-refractivity contribution < 1.29 is 13.9 Å². The Labute approximate surface area is 269 Å². The number of hydrogen-bond acceptors (Lipinski definition) is 7. The van der Waals surface area contributed by atoms with E-state index in [0.29, 0.717) is 40.1 Å². The first-order valence-electron chi connectivity index (χ1n) is 14.3. The average molecular weight is 644 g/mol. The summed E-state index contributed by atoms with van der Waals surface area (Å²) in [7, 11) is 1.48. The number of hydrogen-bond donors (Lipinski definition) is 0. The van der Waals surface area contributed by atoms with Gasteiger partial charge in [0.05, 0.1) is 7.11 Å². The molecule has 0 aliphatic carbocycles. The maximum Gasteiger partial charge on any atom is 0.316 e. The van der Waals surface area contributed by atoms with Gasteiger partial charge < -0.3 is 14.2 Å². The molecule has 2 heterocycles. The van der Waals surface area contributed by atoms with Crippen molar-refractivity contribution >= 4 is 29.3 Å². The molecule has 5 rings (SSSR count). The van der Waals surface area contributed by atoms with Gasteiger partial charge in [-0.3, -0.25) is 9.59 Å². The quantitative estimate of drug-likeness (QED) is 0.114. The number of thioether (sulfide) groups is 1. The zero-order chi connectivity index (χ0) is 31.8. The van der Waals surface area contributed by atoms with Crippen LogP contribution in [0, 0.1) is 5.82 Å². The van der Waals surface area contributed by atoms with Crippen LogP contribution in [-0.2, 0) is 30.1 Å². The molecule has 45 heavy (non-hydrogen) atoms. The van der Waals surface area contributed by atoms with Gasteiger partial charge in [-0.05, 0) is 59.0 Å². The lowest BCUT2D eigenvalue weighted by Crippen LogP contribution is -2.34. The molecule has 0 N–H and O–H groups in total. The molecule has 5 aromatic rings. The molecule has 0 aliphatic rings. The molecule has 2 aromatic heterocycles. The molecule has 0 fully saturated rings. The van der Waals surface area contributed by atoms with E-state index in [0.717, 1.165) is 22.3 Å². The van der Waals surface area contributed by atoms with Crippen LogP contribution in [0.5, 0.6) is 6.01 Å². The van der Waals surface area contributed by atoms with E-state index >= 15 is 0 Å². The van der Waals surface area contributed by atoms with E-state index in [2.05, 4.69) is 15.0 Å². The Bertz CT molecular complexity index is 1800. The van der Waals surface area contributed by atoms with Crippen LogP contribution in [0.15, 0.2) is 101 Å². The van der Waals surface area contributed by atoms with Crippen LogP contribution in [0.1, 0.15) is 29.2 Å². The van der Waals surface area contributed by atoms with Gasteiger partial charge >= 0.3 is 6.01 Å². The van der Waals surface area contributed by atoms with Gasteiger partial charge in [-0.15, -0.1) is 0 Å². The molecule has 230 valence electrons. The zero-order valence-electron chi connectivity index (χ0n) is 24.8. The Balaban J connectivity index is 1.35. The number of nitrogens with zero attached hydrogens (tertiary/aromatic N) is 5. The van der Waals surface area contributed by atoms with Gasteiger partial charge in [0.2, 0.25) is 5.91 Å². The number of carbonyl (C=O) groups is 1. The number of benzene rings is 3. The van der Waals surface area contributed by atoms with Crippen LogP contribution >= 0.6 is 23.4 Å². The van der Waals surface area contributed by atoms with E-state index in [1.807, 2.05) is 55.5 Å². The molecule has 0 saturated carbocycles. The fourth-order valence-electron chi connectivity index (χ4n) is 4.65. The molecule has 0 saturated heterocycles. The summed E-state index contributed by atoms with van der Waals surface area (Å²) in [6.45, 7) is 2.85. The van der Waals surface area contributed by atoms with Crippen LogP contribution in [0.4, 0.5) is 4.39 Å². The van der Waals surface area contributed by atoms with Crippen LogP contribution < -0.4 is 10.3 Å². The van der Waals surface area contributed by atoms with Crippen molar-refractivity contribution in [2.45, 2.75) is 37.3 Å². The third-order valence-corrected chi connectivity index (χ3v) is 8.43. The number of carbonyl (C=O) groups excluding carboxylic acids is 1. The Morgan fingerprint density at radius 2 is 1.56 bits per heavy atom. The van der Waals surface area contributed by atoms with Crippen molar-refractivity contribution in [3.8, 4) is 17.1 Å². The Kier molecular flexibility index (Phi) is 10.6. The second-order valence-corrected chi connectivity index (χ2v) is 11.6. The summed E-state index contributed by atoms with van der Waals surface area (Å²) in [5, 5.41) is 1.08. The van der Waals surface area contributed by atoms with E-state index in [-0.39, 0.29) is 30.7 Å². The standard InChI is InChI=1S/C34H31ClFN5O3S/c1-3-40(19-23-4-8-26(9-5-23)27-10-12-29(35)13-11-27)31(42)21-41-20-28(16-25-17-37-33(44-2)38-18-25)32(43)39-34(41)45-22-24-6-14-30(36)15-7-24/h4-15,17-18,20H,3,16,19,21-22H2,1-2H3. The Morgan fingerprint density at radius 1 is 0.933 bits per heavy atom. The first-order valence-corrected chi connectivity index (χ1v) is 15.6. The number of aromatic nitrogens is 4. The largest absolute Gasteiger partial charge is 0.467 e. The maximum absolute atomic E-state index is 13.7. The summed E-state index contributed by atoms with van der Waals surface area (Å²) >= 11 is 7.34. The van der Waals surface area contributed by atoms with E-state index in [1.54, 1.807) is 40.2 Å². The molecular formula is C34H31ClFN5O3S. The van der Waals surface area contributed by atoms with Crippen molar-refractivity contribution in [2.24, 2.45) is 0 Å². The van der Waals surface area contributed by atoms with E-state index in [1.165, 1.54) is 31.0 Å². The van der Waals surface area contributed by atoms with Crippen molar-refractivity contribution in [1.82, 2.24) is 24.4 Å². The van der Waals surface area contributed by atoms with Crippen molar-refractivity contribution in [1.29, 1.82) is 0 Å². The molecule has 0 spiro atoms. The summed E-state index contributed by atoms with van der Waals surface area (Å²) in [4.78, 5) is 41.1. The summed E-state index contributed by atoms with van der Waals surface area (Å²) < 4.78 is 20.2. The minimum Gasteiger partial charge on any atom is -0.467 e. The molecule has 11 heteroatoms. The van der Waals surface area contributed by atoms with Gasteiger partial charge in [-0.1, -0.05) is 71.9 Å². The van der Waals surface area contributed by atoms with Gasteiger partial charge in [-0.25, -0.2) is 14.4 Å². The second-order valence-electron chi connectivity index (χ2n) is 10.3. The van der Waals surface area contributed by atoms with Gasteiger partial charge in [0.15, 0.2) is 5.16 Å². The number of likely N-dealkylation sites (N-methyl/N-ethyl adjacent to an activating group) is 1. The summed E-state index contributed by atoms with van der Waals surface area (Å²) in [6.07, 6.45) is 5.10. The van der Waals surface area contributed by atoms with Crippen LogP contribution in [-0.4, -0.2) is 44.0 Å². The Morgan fingerprint density at radius 3 is 2.18 bits per heavy atom. The van der Waals surface area contributed by atoms with Gasteiger partial charge in [-0.2, -0.15) is 4.98 Å². The highest BCUT2D eigenvalue weighted by Gasteiger charge is 2.18. The number of halogens is 2. The SMILES string of the molecule is CCN(Cc1ccc(-c2ccc(Cl)cc2)cc1)C(=O)Cn1cc(Cc2cnc(OC)nc2)c(=O)nc1SCc1ccc(F)cc1. The molecule has 0 bridgehead atoms.